The van der Waals surface area contributed by atoms with Crippen molar-refractivity contribution in [2.24, 2.45) is 0 Å². The molecular formula is C15H22N2O3. The summed E-state index contributed by atoms with van der Waals surface area (Å²) in [5.74, 6) is -0.278. The highest BCUT2D eigenvalue weighted by Gasteiger charge is 2.28. The lowest BCUT2D eigenvalue weighted by atomic mass is 9.98. The van der Waals surface area contributed by atoms with Crippen molar-refractivity contribution in [1.29, 1.82) is 0 Å². The van der Waals surface area contributed by atoms with E-state index in [1.807, 2.05) is 11.9 Å². The molecule has 1 aromatic rings. The lowest BCUT2D eigenvalue weighted by Crippen LogP contribution is -2.44. The van der Waals surface area contributed by atoms with E-state index in [-0.39, 0.29) is 29.0 Å². The van der Waals surface area contributed by atoms with Crippen LogP contribution in [-0.2, 0) is 0 Å². The van der Waals surface area contributed by atoms with Crippen LogP contribution in [0.1, 0.15) is 36.0 Å². The van der Waals surface area contributed by atoms with Gasteiger partial charge in [-0.2, -0.15) is 0 Å². The molecule has 1 aromatic carbocycles. The van der Waals surface area contributed by atoms with Crippen LogP contribution in [0.3, 0.4) is 0 Å². The maximum Gasteiger partial charge on any atom is 0.257 e. The van der Waals surface area contributed by atoms with Crippen molar-refractivity contribution < 1.29 is 15.0 Å². The Bertz CT molecular complexity index is 476. The van der Waals surface area contributed by atoms with Gasteiger partial charge in [0.1, 0.15) is 11.5 Å². The number of phenols is 2. The van der Waals surface area contributed by atoms with E-state index in [9.17, 15) is 15.0 Å². The van der Waals surface area contributed by atoms with E-state index in [0.717, 1.165) is 32.2 Å². The van der Waals surface area contributed by atoms with Gasteiger partial charge in [-0.25, -0.2) is 0 Å². The third-order valence-electron chi connectivity index (χ3n) is 3.83. The predicted octanol–water partition coefficient (Wildman–Crippen LogP) is 1.70. The Morgan fingerprint density at radius 2 is 2.20 bits per heavy atom. The first-order chi connectivity index (χ1) is 9.63. The van der Waals surface area contributed by atoms with Gasteiger partial charge < -0.3 is 20.4 Å². The van der Waals surface area contributed by atoms with Crippen LogP contribution in [0.25, 0.3) is 0 Å². The second-order valence-electron chi connectivity index (χ2n) is 5.24. The van der Waals surface area contributed by atoms with Gasteiger partial charge in [0.25, 0.3) is 5.91 Å². The van der Waals surface area contributed by atoms with Gasteiger partial charge in [0.05, 0.1) is 5.56 Å². The minimum atomic E-state index is -0.195. The fourth-order valence-corrected chi connectivity index (χ4v) is 2.73. The fourth-order valence-electron chi connectivity index (χ4n) is 2.73. The van der Waals surface area contributed by atoms with Gasteiger partial charge >= 0.3 is 0 Å². The highest BCUT2D eigenvalue weighted by molar-refractivity contribution is 5.97. The number of hydrogen-bond donors (Lipinski definition) is 3. The number of rotatable bonds is 4. The number of carbonyl (C=O) groups excluding carboxylic acids is 1. The van der Waals surface area contributed by atoms with E-state index in [1.165, 1.54) is 18.2 Å². The predicted molar refractivity (Wildman–Crippen MR) is 77.0 cm³/mol. The minimum Gasteiger partial charge on any atom is -0.508 e. The molecule has 1 fully saturated rings. The molecule has 5 heteroatoms. The largest absolute Gasteiger partial charge is 0.508 e. The van der Waals surface area contributed by atoms with Gasteiger partial charge in [-0.05, 0) is 57.5 Å². The van der Waals surface area contributed by atoms with E-state index >= 15 is 0 Å². The van der Waals surface area contributed by atoms with Gasteiger partial charge in [-0.1, -0.05) is 0 Å². The van der Waals surface area contributed by atoms with Crippen LogP contribution in [0.2, 0.25) is 0 Å². The second kappa shape index (κ2) is 6.61. The first kappa shape index (κ1) is 14.7. The summed E-state index contributed by atoms with van der Waals surface area (Å²) in [6.07, 6.45) is 4.01. The summed E-state index contributed by atoms with van der Waals surface area (Å²) < 4.78 is 0. The number of piperidine rings is 1. The molecule has 0 bridgehead atoms. The number of aromatic hydroxyl groups is 2. The quantitative estimate of drug-likeness (QED) is 0.733. The van der Waals surface area contributed by atoms with Crippen LogP contribution < -0.4 is 5.32 Å². The number of hydrogen-bond acceptors (Lipinski definition) is 4. The molecule has 1 atom stereocenters. The highest BCUT2D eigenvalue weighted by atomic mass is 16.3. The molecule has 5 nitrogen and oxygen atoms in total. The van der Waals surface area contributed by atoms with E-state index < -0.39 is 0 Å². The molecule has 1 unspecified atom stereocenters. The SMILES string of the molecule is CNCCC1CCCCN1C(=O)c1cc(O)ccc1O. The molecule has 0 spiro atoms. The summed E-state index contributed by atoms with van der Waals surface area (Å²) in [6, 6.07) is 4.27. The zero-order valence-electron chi connectivity index (χ0n) is 11.8. The first-order valence-electron chi connectivity index (χ1n) is 7.11. The maximum atomic E-state index is 12.6. The molecule has 0 radical (unpaired) electrons. The third kappa shape index (κ3) is 3.22. The molecule has 1 aliphatic rings. The van der Waals surface area contributed by atoms with Crippen LogP contribution in [0.4, 0.5) is 0 Å². The average molecular weight is 278 g/mol. The van der Waals surface area contributed by atoms with Crippen LogP contribution in [-0.4, -0.2) is 47.2 Å². The molecular weight excluding hydrogens is 256 g/mol. The van der Waals surface area contributed by atoms with Crippen molar-refractivity contribution in [3.05, 3.63) is 23.8 Å². The molecule has 0 saturated carbocycles. The second-order valence-corrected chi connectivity index (χ2v) is 5.24. The Morgan fingerprint density at radius 3 is 2.95 bits per heavy atom. The summed E-state index contributed by atoms with van der Waals surface area (Å²) in [7, 11) is 1.90. The molecule has 3 N–H and O–H groups in total. The molecule has 1 aliphatic heterocycles. The van der Waals surface area contributed by atoms with E-state index in [2.05, 4.69) is 5.32 Å². The fraction of sp³-hybridized carbons (Fsp3) is 0.533. The lowest BCUT2D eigenvalue weighted by molar-refractivity contribution is 0.0599. The Morgan fingerprint density at radius 1 is 1.40 bits per heavy atom. The number of amides is 1. The van der Waals surface area contributed by atoms with Crippen molar-refractivity contribution in [2.45, 2.75) is 31.7 Å². The summed E-state index contributed by atoms with van der Waals surface area (Å²) >= 11 is 0. The van der Waals surface area contributed by atoms with Crippen LogP contribution in [0.15, 0.2) is 18.2 Å². The van der Waals surface area contributed by atoms with E-state index in [4.69, 9.17) is 0 Å². The van der Waals surface area contributed by atoms with Gasteiger partial charge in [-0.15, -0.1) is 0 Å². The monoisotopic (exact) mass is 278 g/mol. The number of benzene rings is 1. The summed E-state index contributed by atoms with van der Waals surface area (Å²) in [4.78, 5) is 14.4. The van der Waals surface area contributed by atoms with Crippen molar-refractivity contribution in [3.8, 4) is 11.5 Å². The lowest BCUT2D eigenvalue weighted by Gasteiger charge is -2.36. The molecule has 1 saturated heterocycles. The van der Waals surface area contributed by atoms with Crippen molar-refractivity contribution in [2.75, 3.05) is 20.1 Å². The zero-order valence-corrected chi connectivity index (χ0v) is 11.8. The Kier molecular flexibility index (Phi) is 4.84. The first-order valence-corrected chi connectivity index (χ1v) is 7.11. The van der Waals surface area contributed by atoms with Crippen molar-refractivity contribution >= 4 is 5.91 Å². The summed E-state index contributed by atoms with van der Waals surface area (Å²) in [6.45, 7) is 1.57. The molecule has 1 heterocycles. The molecule has 110 valence electrons. The van der Waals surface area contributed by atoms with E-state index in [0.29, 0.717) is 6.54 Å². The van der Waals surface area contributed by atoms with Gasteiger partial charge in [0.2, 0.25) is 0 Å². The smallest absolute Gasteiger partial charge is 0.257 e. The molecule has 0 aromatic heterocycles. The van der Waals surface area contributed by atoms with Crippen molar-refractivity contribution in [3.63, 3.8) is 0 Å². The number of nitrogens with one attached hydrogen (secondary N) is 1. The topological polar surface area (TPSA) is 72.8 Å². The highest BCUT2D eigenvalue weighted by Crippen LogP contribution is 2.27. The van der Waals surface area contributed by atoms with Gasteiger partial charge in [0.15, 0.2) is 0 Å². The number of phenolic OH excluding ortho intramolecular Hbond substituents is 2. The Hall–Kier alpha value is -1.75. The van der Waals surface area contributed by atoms with Crippen molar-refractivity contribution in [1.82, 2.24) is 10.2 Å². The normalized spacial score (nSPS) is 19.1. The Balaban J connectivity index is 2.18. The molecule has 0 aliphatic carbocycles. The van der Waals surface area contributed by atoms with E-state index in [1.54, 1.807) is 0 Å². The standard InChI is InChI=1S/C15H22N2O3/c1-16-8-7-11-4-2-3-9-17(11)15(20)13-10-12(18)5-6-14(13)19/h5-6,10-11,16,18-19H,2-4,7-9H2,1H3. The number of carbonyl (C=O) groups is 1. The molecule has 2 rings (SSSR count). The third-order valence-corrected chi connectivity index (χ3v) is 3.83. The average Bonchev–Trinajstić information content (AvgIpc) is 2.47. The Labute approximate surface area is 119 Å². The minimum absolute atomic E-state index is 0.00469. The number of likely N-dealkylation sites (tertiary alicyclic amines) is 1. The maximum absolute atomic E-state index is 12.6. The van der Waals surface area contributed by atoms with Gasteiger partial charge in [0, 0.05) is 12.6 Å². The number of nitrogens with zero attached hydrogens (tertiary/aromatic N) is 1. The molecule has 1 amide bonds. The van der Waals surface area contributed by atoms with Gasteiger partial charge in [-0.3, -0.25) is 4.79 Å². The van der Waals surface area contributed by atoms with Crippen LogP contribution >= 0.6 is 0 Å². The summed E-state index contributed by atoms with van der Waals surface area (Å²) in [5, 5.41) is 22.4. The van der Waals surface area contributed by atoms with Crippen LogP contribution in [0.5, 0.6) is 11.5 Å². The molecule has 20 heavy (non-hydrogen) atoms. The van der Waals surface area contributed by atoms with Crippen LogP contribution in [0, 0.1) is 0 Å². The zero-order chi connectivity index (χ0) is 14.5. The summed E-state index contributed by atoms with van der Waals surface area (Å²) in [5.41, 5.74) is 0.182.